The minimum atomic E-state index is -0.330. The standard InChI is InChI=1S/C21H23N3O3/c25-20(13-16-5-2-1-3-6-16)24-12-4-7-19(24)21(26)23-14-18(15-23)27-17-8-10-22-11-9-17/h1-3,5-6,8-11,18-19H,4,7,12-15H2. The molecule has 1 atom stereocenters. The first-order chi connectivity index (χ1) is 13.2. The predicted molar refractivity (Wildman–Crippen MR) is 100 cm³/mol. The first-order valence-electron chi connectivity index (χ1n) is 9.39. The third-order valence-corrected chi connectivity index (χ3v) is 5.17. The summed E-state index contributed by atoms with van der Waals surface area (Å²) in [6.45, 7) is 1.80. The van der Waals surface area contributed by atoms with Crippen molar-refractivity contribution in [1.29, 1.82) is 0 Å². The van der Waals surface area contributed by atoms with Gasteiger partial charge in [-0.25, -0.2) is 0 Å². The molecule has 1 unspecified atom stereocenters. The number of rotatable bonds is 5. The van der Waals surface area contributed by atoms with Crippen molar-refractivity contribution in [2.24, 2.45) is 0 Å². The summed E-state index contributed by atoms with van der Waals surface area (Å²) in [4.78, 5) is 33.1. The van der Waals surface area contributed by atoms with Gasteiger partial charge in [-0.15, -0.1) is 0 Å². The molecule has 3 heterocycles. The Kier molecular flexibility index (Phi) is 5.05. The van der Waals surface area contributed by atoms with Crippen LogP contribution in [0.15, 0.2) is 54.9 Å². The van der Waals surface area contributed by atoms with E-state index in [0.29, 0.717) is 26.1 Å². The molecule has 0 bridgehead atoms. The highest BCUT2D eigenvalue weighted by Crippen LogP contribution is 2.24. The smallest absolute Gasteiger partial charge is 0.245 e. The van der Waals surface area contributed by atoms with Crippen LogP contribution in [0.5, 0.6) is 5.75 Å². The zero-order valence-electron chi connectivity index (χ0n) is 15.2. The van der Waals surface area contributed by atoms with Gasteiger partial charge in [-0.3, -0.25) is 14.6 Å². The number of carbonyl (C=O) groups excluding carboxylic acids is 2. The highest BCUT2D eigenvalue weighted by molar-refractivity contribution is 5.89. The summed E-state index contributed by atoms with van der Waals surface area (Å²) in [5.41, 5.74) is 0.982. The lowest BCUT2D eigenvalue weighted by Crippen LogP contribution is -2.60. The Labute approximate surface area is 158 Å². The van der Waals surface area contributed by atoms with Gasteiger partial charge in [0.1, 0.15) is 17.9 Å². The molecular formula is C21H23N3O3. The maximum Gasteiger partial charge on any atom is 0.245 e. The fourth-order valence-electron chi connectivity index (χ4n) is 3.71. The van der Waals surface area contributed by atoms with Gasteiger partial charge in [-0.2, -0.15) is 0 Å². The first-order valence-corrected chi connectivity index (χ1v) is 9.39. The zero-order chi connectivity index (χ0) is 18.6. The molecule has 6 heteroatoms. The average molecular weight is 365 g/mol. The largest absolute Gasteiger partial charge is 0.487 e. The Bertz CT molecular complexity index is 791. The lowest BCUT2D eigenvalue weighted by Gasteiger charge is -2.41. The Morgan fingerprint density at radius 1 is 1.07 bits per heavy atom. The van der Waals surface area contributed by atoms with Crippen molar-refractivity contribution in [2.45, 2.75) is 31.4 Å². The summed E-state index contributed by atoms with van der Waals surface area (Å²) in [7, 11) is 0. The van der Waals surface area contributed by atoms with Crippen LogP contribution in [0.3, 0.4) is 0 Å². The van der Waals surface area contributed by atoms with E-state index in [4.69, 9.17) is 4.74 Å². The highest BCUT2D eigenvalue weighted by Gasteiger charge is 2.41. The number of hydrogen-bond acceptors (Lipinski definition) is 4. The van der Waals surface area contributed by atoms with Gasteiger partial charge in [0.25, 0.3) is 0 Å². The molecule has 2 amide bonds. The lowest BCUT2D eigenvalue weighted by atomic mass is 10.1. The molecule has 6 nitrogen and oxygen atoms in total. The van der Waals surface area contributed by atoms with E-state index in [-0.39, 0.29) is 24.0 Å². The van der Waals surface area contributed by atoms with Gasteiger partial charge >= 0.3 is 0 Å². The number of pyridine rings is 1. The lowest BCUT2D eigenvalue weighted by molar-refractivity contribution is -0.149. The van der Waals surface area contributed by atoms with Crippen molar-refractivity contribution < 1.29 is 14.3 Å². The van der Waals surface area contributed by atoms with Crippen molar-refractivity contribution >= 4 is 11.8 Å². The molecule has 0 N–H and O–H groups in total. The molecular weight excluding hydrogens is 342 g/mol. The number of ether oxygens (including phenoxy) is 1. The molecule has 0 radical (unpaired) electrons. The Morgan fingerprint density at radius 3 is 2.56 bits per heavy atom. The Hall–Kier alpha value is -2.89. The van der Waals surface area contributed by atoms with Gasteiger partial charge in [-0.05, 0) is 30.5 Å². The van der Waals surface area contributed by atoms with Gasteiger partial charge in [0, 0.05) is 18.9 Å². The summed E-state index contributed by atoms with van der Waals surface area (Å²) in [5, 5.41) is 0. The van der Waals surface area contributed by atoms with Gasteiger partial charge < -0.3 is 14.5 Å². The van der Waals surface area contributed by atoms with Crippen LogP contribution in [0.2, 0.25) is 0 Å². The number of amides is 2. The van der Waals surface area contributed by atoms with Crippen LogP contribution in [-0.2, 0) is 16.0 Å². The van der Waals surface area contributed by atoms with Crippen LogP contribution in [0.1, 0.15) is 18.4 Å². The van der Waals surface area contributed by atoms with Gasteiger partial charge in [0.2, 0.25) is 11.8 Å². The number of aromatic nitrogens is 1. The maximum absolute atomic E-state index is 12.9. The minimum Gasteiger partial charge on any atom is -0.487 e. The molecule has 2 aliphatic rings. The summed E-state index contributed by atoms with van der Waals surface area (Å²) in [6.07, 6.45) is 5.34. The normalized spacial score (nSPS) is 19.6. The quantitative estimate of drug-likeness (QED) is 0.812. The molecule has 2 saturated heterocycles. The molecule has 27 heavy (non-hydrogen) atoms. The van der Waals surface area contributed by atoms with E-state index >= 15 is 0 Å². The summed E-state index contributed by atoms with van der Waals surface area (Å²) >= 11 is 0. The van der Waals surface area contributed by atoms with E-state index < -0.39 is 0 Å². The Morgan fingerprint density at radius 2 is 1.81 bits per heavy atom. The first kappa shape index (κ1) is 17.5. The summed E-state index contributed by atoms with van der Waals surface area (Å²) in [6, 6.07) is 13.0. The Balaban J connectivity index is 1.31. The van der Waals surface area contributed by atoms with Crippen molar-refractivity contribution in [3.05, 3.63) is 60.4 Å². The number of hydrogen-bond donors (Lipinski definition) is 0. The third-order valence-electron chi connectivity index (χ3n) is 5.17. The minimum absolute atomic E-state index is 0.00576. The van der Waals surface area contributed by atoms with Crippen molar-refractivity contribution in [3.8, 4) is 5.75 Å². The van der Waals surface area contributed by atoms with E-state index in [0.717, 1.165) is 24.2 Å². The van der Waals surface area contributed by atoms with Crippen LogP contribution >= 0.6 is 0 Å². The van der Waals surface area contributed by atoms with E-state index in [1.54, 1.807) is 22.2 Å². The molecule has 2 aliphatic heterocycles. The molecule has 4 rings (SSSR count). The second kappa shape index (κ2) is 7.78. The topological polar surface area (TPSA) is 62.7 Å². The number of benzene rings is 1. The zero-order valence-corrected chi connectivity index (χ0v) is 15.2. The second-order valence-electron chi connectivity index (χ2n) is 7.07. The number of carbonyl (C=O) groups is 2. The monoisotopic (exact) mass is 365 g/mol. The van der Waals surface area contributed by atoms with Gasteiger partial charge in [0.05, 0.1) is 19.5 Å². The molecule has 1 aromatic carbocycles. The fraction of sp³-hybridized carbons (Fsp3) is 0.381. The molecule has 140 valence electrons. The molecule has 0 saturated carbocycles. The van der Waals surface area contributed by atoms with Crippen LogP contribution in [-0.4, -0.2) is 58.4 Å². The molecule has 0 aliphatic carbocycles. The van der Waals surface area contributed by atoms with Crippen LogP contribution in [0.25, 0.3) is 0 Å². The average Bonchev–Trinajstić information content (AvgIpc) is 3.15. The molecule has 2 fully saturated rings. The SMILES string of the molecule is O=C(C1CCCN1C(=O)Cc1ccccc1)N1CC(Oc2ccncc2)C1. The van der Waals surface area contributed by atoms with Crippen LogP contribution in [0, 0.1) is 0 Å². The molecule has 2 aromatic rings. The van der Waals surface area contributed by atoms with E-state index in [2.05, 4.69) is 4.98 Å². The van der Waals surface area contributed by atoms with E-state index in [1.807, 2.05) is 42.5 Å². The predicted octanol–water partition coefficient (Wildman–Crippen LogP) is 1.90. The third kappa shape index (κ3) is 3.94. The summed E-state index contributed by atoms with van der Waals surface area (Å²) < 4.78 is 5.83. The van der Waals surface area contributed by atoms with Crippen molar-refractivity contribution in [2.75, 3.05) is 19.6 Å². The van der Waals surface area contributed by atoms with Crippen molar-refractivity contribution in [3.63, 3.8) is 0 Å². The van der Waals surface area contributed by atoms with Crippen molar-refractivity contribution in [1.82, 2.24) is 14.8 Å². The maximum atomic E-state index is 12.9. The molecule has 1 aromatic heterocycles. The van der Waals surface area contributed by atoms with E-state index in [9.17, 15) is 9.59 Å². The van der Waals surface area contributed by atoms with E-state index in [1.165, 1.54) is 0 Å². The highest BCUT2D eigenvalue weighted by atomic mass is 16.5. The van der Waals surface area contributed by atoms with Crippen LogP contribution in [0.4, 0.5) is 0 Å². The second-order valence-corrected chi connectivity index (χ2v) is 7.07. The van der Waals surface area contributed by atoms with Crippen LogP contribution < -0.4 is 4.74 Å². The fourth-order valence-corrected chi connectivity index (χ4v) is 3.71. The number of nitrogens with zero attached hydrogens (tertiary/aromatic N) is 3. The number of likely N-dealkylation sites (tertiary alicyclic amines) is 2. The summed E-state index contributed by atoms with van der Waals surface area (Å²) in [5.74, 6) is 0.841. The molecule has 0 spiro atoms. The van der Waals surface area contributed by atoms with Gasteiger partial charge in [0.15, 0.2) is 0 Å². The van der Waals surface area contributed by atoms with Gasteiger partial charge in [-0.1, -0.05) is 30.3 Å².